The van der Waals surface area contributed by atoms with Gasteiger partial charge in [-0.1, -0.05) is 0 Å². The Labute approximate surface area is 99.9 Å². The van der Waals surface area contributed by atoms with Gasteiger partial charge in [0.1, 0.15) is 0 Å². The van der Waals surface area contributed by atoms with Gasteiger partial charge in [-0.25, -0.2) is 0 Å². The Bertz CT molecular complexity index is 70.8. The van der Waals surface area contributed by atoms with Crippen LogP contribution in [-0.2, 0) is 40.0 Å². The van der Waals surface area contributed by atoms with E-state index in [-0.39, 0.29) is 27.2 Å². The summed E-state index contributed by atoms with van der Waals surface area (Å²) in [4.78, 5) is 33.4. The Morgan fingerprint density at radius 2 is 0.571 bits per heavy atom. The summed E-state index contributed by atoms with van der Waals surface area (Å²) in [6, 6.07) is 0. The van der Waals surface area contributed by atoms with Gasteiger partial charge in [0.2, 0.25) is 0 Å². The first-order valence-electron chi connectivity index (χ1n) is 1.46. The van der Waals surface area contributed by atoms with Crippen LogP contribution in [-0.4, -0.2) is 5.48 Å². The molecular weight excluding hydrogens is 316 g/mol. The molecule has 0 heterocycles. The van der Waals surface area contributed by atoms with Gasteiger partial charge >= 0.3 is 21.7 Å². The average molecular weight is 318 g/mol. The molecule has 0 atom stereocenters. The molecule has 0 spiro atoms. The first-order valence-corrected chi connectivity index (χ1v) is 4.38. The Morgan fingerprint density at radius 1 is 0.571 bits per heavy atom. The van der Waals surface area contributed by atoms with Crippen molar-refractivity contribution in [2.45, 2.75) is 0 Å². The van der Waals surface area contributed by atoms with Crippen LogP contribution in [0.15, 0.2) is 0 Å². The van der Waals surface area contributed by atoms with E-state index in [0.717, 1.165) is 0 Å². The molecule has 0 saturated carbocycles. The fourth-order valence-corrected chi connectivity index (χ4v) is 0. The summed E-state index contributed by atoms with van der Waals surface area (Å²) < 4.78 is 33.4. The molecule has 0 amide bonds. The van der Waals surface area contributed by atoms with E-state index in [1.807, 2.05) is 0 Å². The minimum absolute atomic E-state index is 0. The molecule has 0 radical (unpaired) electrons. The molecule has 2 N–H and O–H groups in total. The van der Waals surface area contributed by atoms with Crippen LogP contribution in [0.4, 0.5) is 0 Å². The van der Waals surface area contributed by atoms with Gasteiger partial charge in [0.05, 0.1) is 34.7 Å². The molecular formula is H2O9P4Ti. The Hall–Kier alpha value is 0.914. The van der Waals surface area contributed by atoms with Gasteiger partial charge in [-0.3, -0.25) is 18.3 Å². The molecule has 0 aliphatic heterocycles. The first kappa shape index (κ1) is 36.3. The molecule has 0 fully saturated rings. The molecule has 0 aromatic heterocycles. The van der Waals surface area contributed by atoms with Crippen LogP contribution in [0.3, 0.4) is 0 Å². The third kappa shape index (κ3) is 2190. The second-order valence-electron chi connectivity index (χ2n) is 0.298. The predicted octanol–water partition coefficient (Wildman–Crippen LogP) is -2.61. The van der Waals surface area contributed by atoms with E-state index >= 15 is 0 Å². The van der Waals surface area contributed by atoms with Crippen molar-refractivity contribution < 1.29 is 65.0 Å². The summed E-state index contributed by atoms with van der Waals surface area (Å²) in [7, 11) is -4.33. The zero-order valence-electron chi connectivity index (χ0n) is 6.05. The summed E-state index contributed by atoms with van der Waals surface area (Å²) in [6.45, 7) is 0. The van der Waals surface area contributed by atoms with Gasteiger partial charge in [-0.05, 0) is 0 Å². The number of hydrogen-bond acceptors (Lipinski definition) is 8. The summed E-state index contributed by atoms with van der Waals surface area (Å²) >= 11 is 0. The second-order valence-corrected chi connectivity index (χ2v) is 0.894. The SMILES string of the molecule is O.O=P[O-].O=P[O-].O=P[O-].O=P[O-].[Ti+4]. The average Bonchev–Trinajstić information content (AvgIpc) is 1.92. The van der Waals surface area contributed by atoms with E-state index in [1.165, 1.54) is 0 Å². The van der Waals surface area contributed by atoms with Crippen LogP contribution in [0.1, 0.15) is 0 Å². The Morgan fingerprint density at radius 3 is 0.571 bits per heavy atom. The van der Waals surface area contributed by atoms with Gasteiger partial charge in [0.15, 0.2) is 0 Å². The quantitative estimate of drug-likeness (QED) is 0.342. The van der Waals surface area contributed by atoms with Gasteiger partial charge in [0, 0.05) is 0 Å². The molecule has 0 aromatic rings. The molecule has 0 aliphatic carbocycles. The van der Waals surface area contributed by atoms with Crippen LogP contribution in [0, 0.1) is 0 Å². The van der Waals surface area contributed by atoms with Crippen molar-refractivity contribution in [1.29, 1.82) is 0 Å². The monoisotopic (exact) mass is 318 g/mol. The molecule has 14 heavy (non-hydrogen) atoms. The largest absolute Gasteiger partial charge is 4.00 e. The molecule has 0 aliphatic rings. The third-order valence-corrected chi connectivity index (χ3v) is 0. The maximum atomic E-state index is 8.35. The standard InChI is InChI=1S/4HO2P.H2O.Ti/c4*1-3-2;;/h4*(H,1,2);1H2;/q;;;;;+4/p-4. The summed E-state index contributed by atoms with van der Waals surface area (Å²) in [6.07, 6.45) is 0. The molecule has 0 aromatic carbocycles. The molecule has 0 bridgehead atoms. The van der Waals surface area contributed by atoms with Gasteiger partial charge in [0.25, 0.3) is 0 Å². The smallest absolute Gasteiger partial charge is 0.772 e. The first-order chi connectivity index (χ1) is 5.66. The molecule has 9 nitrogen and oxygen atoms in total. The van der Waals surface area contributed by atoms with E-state index in [1.54, 1.807) is 0 Å². The van der Waals surface area contributed by atoms with Crippen molar-refractivity contribution in [3.05, 3.63) is 0 Å². The van der Waals surface area contributed by atoms with Crippen LogP contribution < -0.4 is 19.6 Å². The Kier molecular flexibility index (Phi) is 249. The van der Waals surface area contributed by atoms with E-state index in [4.69, 9.17) is 37.8 Å². The predicted molar refractivity (Wildman–Crippen MR) is 34.0 cm³/mol. The van der Waals surface area contributed by atoms with Crippen LogP contribution in [0.25, 0.3) is 0 Å². The maximum absolute atomic E-state index is 8.35. The minimum Gasteiger partial charge on any atom is -0.772 e. The fourth-order valence-electron chi connectivity index (χ4n) is 0. The molecule has 0 rings (SSSR count). The van der Waals surface area contributed by atoms with E-state index in [0.29, 0.717) is 0 Å². The molecule has 0 unspecified atom stereocenters. The molecule has 0 saturated heterocycles. The van der Waals surface area contributed by atoms with Crippen molar-refractivity contribution in [2.75, 3.05) is 0 Å². The maximum Gasteiger partial charge on any atom is 4.00 e. The van der Waals surface area contributed by atoms with Crippen LogP contribution in [0.2, 0.25) is 0 Å². The molecule has 14 heteroatoms. The zero-order valence-corrected chi connectivity index (χ0v) is 11.2. The third-order valence-electron chi connectivity index (χ3n) is 0. The van der Waals surface area contributed by atoms with Crippen LogP contribution in [0.5, 0.6) is 0 Å². The van der Waals surface area contributed by atoms with Crippen molar-refractivity contribution in [3.8, 4) is 0 Å². The van der Waals surface area contributed by atoms with E-state index < -0.39 is 34.7 Å². The summed E-state index contributed by atoms with van der Waals surface area (Å²) in [5.74, 6) is 0. The van der Waals surface area contributed by atoms with Crippen molar-refractivity contribution >= 4 is 34.7 Å². The van der Waals surface area contributed by atoms with Crippen molar-refractivity contribution in [1.82, 2.24) is 0 Å². The Balaban J connectivity index is -0.0000000145. The van der Waals surface area contributed by atoms with Crippen molar-refractivity contribution in [2.24, 2.45) is 0 Å². The minimum atomic E-state index is -1.08. The zero-order chi connectivity index (χ0) is 10.8. The summed E-state index contributed by atoms with van der Waals surface area (Å²) in [5.41, 5.74) is 0. The number of rotatable bonds is 0. The van der Waals surface area contributed by atoms with E-state index in [9.17, 15) is 0 Å². The summed E-state index contributed by atoms with van der Waals surface area (Å²) in [5, 5.41) is 0. The van der Waals surface area contributed by atoms with Crippen LogP contribution >= 0.6 is 34.7 Å². The van der Waals surface area contributed by atoms with Gasteiger partial charge < -0.3 is 25.0 Å². The molecule has 80 valence electrons. The second kappa shape index (κ2) is 96.1. The van der Waals surface area contributed by atoms with E-state index in [2.05, 4.69) is 0 Å². The van der Waals surface area contributed by atoms with Gasteiger partial charge in [-0.15, -0.1) is 0 Å². The number of hydrogen-bond donors (Lipinski definition) is 0. The topological polar surface area (TPSA) is 192 Å². The van der Waals surface area contributed by atoms with Crippen molar-refractivity contribution in [3.63, 3.8) is 0 Å². The van der Waals surface area contributed by atoms with Gasteiger partial charge in [-0.2, -0.15) is 0 Å². The fraction of sp³-hybridized carbons (Fsp3) is 0. The normalized spacial score (nSPS) is 6.00.